The van der Waals surface area contributed by atoms with Crippen LogP contribution < -0.4 is 10.6 Å². The van der Waals surface area contributed by atoms with Gasteiger partial charge in [-0.2, -0.15) is 0 Å². The summed E-state index contributed by atoms with van der Waals surface area (Å²) in [6.07, 6.45) is 10.4. The van der Waals surface area contributed by atoms with Gasteiger partial charge in [-0.1, -0.05) is 32.1 Å². The molecule has 0 heterocycles. The van der Waals surface area contributed by atoms with Gasteiger partial charge in [0.25, 0.3) is 0 Å². The summed E-state index contributed by atoms with van der Waals surface area (Å²) in [5.74, 6) is 1.61. The highest BCUT2D eigenvalue weighted by atomic mass is 16.6. The maximum Gasteiger partial charge on any atom is 0.407 e. The summed E-state index contributed by atoms with van der Waals surface area (Å²) in [7, 11) is 0. The first-order chi connectivity index (χ1) is 10.8. The van der Waals surface area contributed by atoms with Crippen molar-refractivity contribution in [3.63, 3.8) is 0 Å². The molecule has 2 fully saturated rings. The number of hydrogen-bond donors (Lipinski definition) is 2. The van der Waals surface area contributed by atoms with Crippen LogP contribution in [0.2, 0.25) is 0 Å². The Labute approximate surface area is 142 Å². The summed E-state index contributed by atoms with van der Waals surface area (Å²) < 4.78 is 5.38. The molecule has 2 atom stereocenters. The number of hydrogen-bond acceptors (Lipinski definition) is 3. The average Bonchev–Trinajstić information content (AvgIpc) is 3.26. The minimum Gasteiger partial charge on any atom is -0.444 e. The van der Waals surface area contributed by atoms with E-state index in [4.69, 9.17) is 4.74 Å². The molecular formula is C19H36N2O2. The van der Waals surface area contributed by atoms with Gasteiger partial charge < -0.3 is 15.4 Å². The Balaban J connectivity index is 1.82. The van der Waals surface area contributed by atoms with E-state index in [-0.39, 0.29) is 6.09 Å². The molecule has 0 aliphatic heterocycles. The predicted octanol–water partition coefficient (Wildman–Crippen LogP) is 4.24. The number of amides is 1. The van der Waals surface area contributed by atoms with Gasteiger partial charge in [0.05, 0.1) is 0 Å². The number of carbonyl (C=O) groups excluding carboxylic acids is 1. The second-order valence-corrected chi connectivity index (χ2v) is 8.63. The molecule has 23 heavy (non-hydrogen) atoms. The van der Waals surface area contributed by atoms with E-state index in [2.05, 4.69) is 17.6 Å². The van der Waals surface area contributed by atoms with Crippen LogP contribution in [-0.2, 0) is 4.74 Å². The first-order valence-corrected chi connectivity index (χ1v) is 9.56. The van der Waals surface area contributed by atoms with Gasteiger partial charge in [-0.3, -0.25) is 0 Å². The van der Waals surface area contributed by atoms with Crippen molar-refractivity contribution < 1.29 is 9.53 Å². The zero-order valence-electron chi connectivity index (χ0n) is 15.5. The quantitative estimate of drug-likeness (QED) is 0.736. The van der Waals surface area contributed by atoms with Gasteiger partial charge in [-0.05, 0) is 58.8 Å². The van der Waals surface area contributed by atoms with Crippen molar-refractivity contribution in [1.82, 2.24) is 10.6 Å². The molecule has 0 aromatic heterocycles. The van der Waals surface area contributed by atoms with Gasteiger partial charge in [-0.25, -0.2) is 4.79 Å². The normalized spacial score (nSPS) is 22.4. The van der Waals surface area contributed by atoms with E-state index >= 15 is 0 Å². The molecule has 0 aromatic carbocycles. The fourth-order valence-electron chi connectivity index (χ4n) is 3.69. The van der Waals surface area contributed by atoms with Crippen LogP contribution in [0.1, 0.15) is 79.1 Å². The van der Waals surface area contributed by atoms with Crippen LogP contribution in [-0.4, -0.2) is 30.3 Å². The van der Waals surface area contributed by atoms with E-state index in [0.717, 1.165) is 5.92 Å². The first kappa shape index (κ1) is 18.6. The Morgan fingerprint density at radius 3 is 2.35 bits per heavy atom. The lowest BCUT2D eigenvalue weighted by atomic mass is 9.83. The maximum absolute atomic E-state index is 12.0. The molecule has 134 valence electrons. The summed E-state index contributed by atoms with van der Waals surface area (Å²) in [6.45, 7) is 8.68. The topological polar surface area (TPSA) is 50.4 Å². The van der Waals surface area contributed by atoms with Crippen LogP contribution in [0.5, 0.6) is 0 Å². The third kappa shape index (κ3) is 7.56. The Kier molecular flexibility index (Phi) is 6.75. The molecule has 2 rings (SSSR count). The van der Waals surface area contributed by atoms with E-state index < -0.39 is 5.60 Å². The van der Waals surface area contributed by atoms with Gasteiger partial charge in [-0.15, -0.1) is 0 Å². The summed E-state index contributed by atoms with van der Waals surface area (Å²) in [6, 6.07) is 0.909. The highest BCUT2D eigenvalue weighted by Gasteiger charge is 2.29. The molecule has 0 spiro atoms. The molecule has 1 amide bonds. The van der Waals surface area contributed by atoms with E-state index in [1.165, 1.54) is 51.4 Å². The van der Waals surface area contributed by atoms with Crippen molar-refractivity contribution in [2.75, 3.05) is 6.54 Å². The SMILES string of the molecule is CC(CC1CC1)NC(CNC(=O)OC(C)(C)C)C1CCCCC1. The first-order valence-electron chi connectivity index (χ1n) is 9.56. The number of rotatable bonds is 7. The smallest absolute Gasteiger partial charge is 0.407 e. The lowest BCUT2D eigenvalue weighted by Gasteiger charge is -2.33. The van der Waals surface area contributed by atoms with Crippen LogP contribution >= 0.6 is 0 Å². The molecule has 2 aliphatic carbocycles. The molecule has 2 aliphatic rings. The lowest BCUT2D eigenvalue weighted by molar-refractivity contribution is 0.0514. The number of ether oxygens (including phenoxy) is 1. The van der Waals surface area contributed by atoms with E-state index in [9.17, 15) is 4.79 Å². The molecule has 2 saturated carbocycles. The van der Waals surface area contributed by atoms with Gasteiger partial charge in [0, 0.05) is 18.6 Å². The third-order valence-electron chi connectivity index (χ3n) is 4.97. The number of nitrogens with one attached hydrogen (secondary N) is 2. The van der Waals surface area contributed by atoms with Crippen molar-refractivity contribution in [3.8, 4) is 0 Å². The monoisotopic (exact) mass is 324 g/mol. The molecule has 0 radical (unpaired) electrons. The van der Waals surface area contributed by atoms with Gasteiger partial charge in [0.1, 0.15) is 5.60 Å². The van der Waals surface area contributed by atoms with Crippen LogP contribution in [0.15, 0.2) is 0 Å². The summed E-state index contributed by atoms with van der Waals surface area (Å²) >= 11 is 0. The van der Waals surface area contributed by atoms with Crippen LogP contribution in [0.3, 0.4) is 0 Å². The highest BCUT2D eigenvalue weighted by Crippen LogP contribution is 2.34. The summed E-state index contributed by atoms with van der Waals surface area (Å²) in [4.78, 5) is 12.0. The van der Waals surface area contributed by atoms with Gasteiger partial charge in [0.2, 0.25) is 0 Å². The fourth-order valence-corrected chi connectivity index (χ4v) is 3.69. The number of carbonyl (C=O) groups is 1. The third-order valence-corrected chi connectivity index (χ3v) is 4.97. The van der Waals surface area contributed by atoms with E-state index in [1.54, 1.807) is 0 Å². The Morgan fingerprint density at radius 2 is 1.78 bits per heavy atom. The number of alkyl carbamates (subject to hydrolysis) is 1. The van der Waals surface area contributed by atoms with E-state index in [1.807, 2.05) is 20.8 Å². The standard InChI is InChI=1S/C19H36N2O2/c1-14(12-15-10-11-15)21-17(16-8-6-5-7-9-16)13-20-18(22)23-19(2,3)4/h14-17,21H,5-13H2,1-4H3,(H,20,22). The molecule has 2 unspecified atom stereocenters. The van der Waals surface area contributed by atoms with Crippen LogP contribution in [0.4, 0.5) is 4.79 Å². The largest absolute Gasteiger partial charge is 0.444 e. The second-order valence-electron chi connectivity index (χ2n) is 8.63. The van der Waals surface area contributed by atoms with Gasteiger partial charge >= 0.3 is 6.09 Å². The fraction of sp³-hybridized carbons (Fsp3) is 0.947. The Hall–Kier alpha value is -0.770. The van der Waals surface area contributed by atoms with Crippen molar-refractivity contribution >= 4 is 6.09 Å². The minimum absolute atomic E-state index is 0.296. The molecule has 0 saturated heterocycles. The van der Waals surface area contributed by atoms with Crippen molar-refractivity contribution in [1.29, 1.82) is 0 Å². The van der Waals surface area contributed by atoms with Crippen LogP contribution in [0.25, 0.3) is 0 Å². The predicted molar refractivity (Wildman–Crippen MR) is 94.5 cm³/mol. The molecule has 0 bridgehead atoms. The van der Waals surface area contributed by atoms with E-state index in [0.29, 0.717) is 24.5 Å². The van der Waals surface area contributed by atoms with Gasteiger partial charge in [0.15, 0.2) is 0 Å². The summed E-state index contributed by atoms with van der Waals surface area (Å²) in [5, 5.41) is 6.79. The summed E-state index contributed by atoms with van der Waals surface area (Å²) in [5.41, 5.74) is -0.433. The molecule has 2 N–H and O–H groups in total. The lowest BCUT2D eigenvalue weighted by Crippen LogP contribution is -2.50. The molecule has 4 nitrogen and oxygen atoms in total. The maximum atomic E-state index is 12.0. The van der Waals surface area contributed by atoms with Crippen LogP contribution in [0, 0.1) is 11.8 Å². The zero-order valence-corrected chi connectivity index (χ0v) is 15.5. The zero-order chi connectivity index (χ0) is 16.9. The Morgan fingerprint density at radius 1 is 1.13 bits per heavy atom. The molecule has 0 aromatic rings. The van der Waals surface area contributed by atoms with Crippen molar-refractivity contribution in [3.05, 3.63) is 0 Å². The van der Waals surface area contributed by atoms with Crippen molar-refractivity contribution in [2.45, 2.75) is 96.7 Å². The second kappa shape index (κ2) is 8.36. The molecular weight excluding hydrogens is 288 g/mol. The highest BCUT2D eigenvalue weighted by molar-refractivity contribution is 5.67. The Bertz CT molecular complexity index is 368. The molecule has 4 heteroatoms. The average molecular weight is 325 g/mol. The minimum atomic E-state index is -0.433. The van der Waals surface area contributed by atoms with Crippen molar-refractivity contribution in [2.24, 2.45) is 11.8 Å².